The average Bonchev–Trinajstić information content (AvgIpc) is 1.90. The van der Waals surface area contributed by atoms with Gasteiger partial charge in [-0.3, -0.25) is 0 Å². The zero-order valence-electron chi connectivity index (χ0n) is 5.39. The van der Waals surface area contributed by atoms with Crippen LogP contribution in [-0.4, -0.2) is 0 Å². The number of benzene rings is 1. The van der Waals surface area contributed by atoms with Crippen molar-refractivity contribution in [2.45, 2.75) is 0 Å². The first-order valence-corrected chi connectivity index (χ1v) is 2.41. The molecule has 0 heterocycles. The Kier molecular flexibility index (Phi) is 4.81. The number of hydrogen-bond acceptors (Lipinski definition) is 1. The van der Waals surface area contributed by atoms with Crippen LogP contribution in [0.5, 0.6) is 0 Å². The minimum Gasteiger partial charge on any atom is -0.586 e. The van der Waals surface area contributed by atoms with Gasteiger partial charge >= 0.3 is 29.6 Å². The smallest absolute Gasteiger partial charge is 0.586 e. The molecule has 9 heavy (non-hydrogen) atoms. The van der Waals surface area contributed by atoms with Crippen molar-refractivity contribution in [1.82, 2.24) is 0 Å². The molecule has 0 aliphatic rings. The van der Waals surface area contributed by atoms with Crippen LogP contribution in [-0.2, 0) is 0 Å². The van der Waals surface area contributed by atoms with Crippen molar-refractivity contribution < 1.29 is 29.6 Å². The van der Waals surface area contributed by atoms with E-state index in [4.69, 9.17) is 5.84 Å². The zero-order valence-corrected chi connectivity index (χ0v) is 7.39. The van der Waals surface area contributed by atoms with Gasteiger partial charge in [0, 0.05) is 5.69 Å². The van der Waals surface area contributed by atoms with E-state index in [-0.39, 0.29) is 29.6 Å². The second kappa shape index (κ2) is 4.82. The first-order chi connectivity index (χ1) is 3.93. The van der Waals surface area contributed by atoms with E-state index < -0.39 is 0 Å². The fraction of sp³-hybridized carbons (Fsp3) is 0. The molecule has 0 aromatic heterocycles. The molecule has 0 atom stereocenters. The van der Waals surface area contributed by atoms with E-state index in [0.717, 1.165) is 5.69 Å². The zero-order chi connectivity index (χ0) is 5.82. The Hall–Kier alpha value is -0.0200. The number of nitrogens with one attached hydrogen (secondary N) is 2. The molecule has 0 amide bonds. The van der Waals surface area contributed by atoms with Crippen LogP contribution in [0.2, 0.25) is 0 Å². The molecule has 0 aliphatic carbocycles. The monoisotopic (exact) mass is 130 g/mol. The van der Waals surface area contributed by atoms with Crippen molar-refractivity contribution in [2.75, 3.05) is 5.43 Å². The SMILES string of the molecule is [NH-]Nc1ccccc1.[Na+]. The molecule has 0 saturated heterocycles. The molecule has 0 radical (unpaired) electrons. The van der Waals surface area contributed by atoms with E-state index in [0.29, 0.717) is 0 Å². The van der Waals surface area contributed by atoms with Crippen LogP contribution < -0.4 is 35.0 Å². The predicted molar refractivity (Wildman–Crippen MR) is 34.4 cm³/mol. The van der Waals surface area contributed by atoms with Gasteiger partial charge in [0.25, 0.3) is 0 Å². The van der Waals surface area contributed by atoms with Crippen LogP contribution in [0.1, 0.15) is 0 Å². The van der Waals surface area contributed by atoms with Crippen molar-refractivity contribution in [3.8, 4) is 0 Å². The van der Waals surface area contributed by atoms with Crippen LogP contribution in [0.25, 0.3) is 5.84 Å². The largest absolute Gasteiger partial charge is 1.00 e. The molecule has 2 nitrogen and oxygen atoms in total. The van der Waals surface area contributed by atoms with Crippen LogP contribution in [0.3, 0.4) is 0 Å². The Balaban J connectivity index is 0.000000640. The Labute approximate surface area is 76.7 Å². The minimum absolute atomic E-state index is 0. The molecule has 0 aliphatic heterocycles. The fourth-order valence-electron chi connectivity index (χ4n) is 0.521. The first-order valence-electron chi connectivity index (χ1n) is 2.41. The number of para-hydroxylation sites is 1. The third kappa shape index (κ3) is 2.87. The van der Waals surface area contributed by atoms with Crippen molar-refractivity contribution >= 4 is 5.69 Å². The average molecular weight is 130 g/mol. The normalized spacial score (nSPS) is 7.67. The standard InChI is InChI=1S/C6H7N2.Na/c7-8-6-4-2-1-3-5-6;/h1-5,7-8H;/q-1;+1. The van der Waals surface area contributed by atoms with E-state index in [1.165, 1.54) is 0 Å². The van der Waals surface area contributed by atoms with Gasteiger partial charge in [-0.2, -0.15) is 0 Å². The summed E-state index contributed by atoms with van der Waals surface area (Å²) in [6.07, 6.45) is 0. The van der Waals surface area contributed by atoms with E-state index in [9.17, 15) is 0 Å². The number of hydrogen-bond donors (Lipinski definition) is 1. The molecular formula is C6H7N2Na. The summed E-state index contributed by atoms with van der Waals surface area (Å²) in [5, 5.41) is 0. The molecule has 1 aromatic rings. The van der Waals surface area contributed by atoms with Gasteiger partial charge in [0.1, 0.15) is 0 Å². The maximum Gasteiger partial charge on any atom is 1.00 e. The van der Waals surface area contributed by atoms with Gasteiger partial charge in [0.15, 0.2) is 0 Å². The van der Waals surface area contributed by atoms with E-state index >= 15 is 0 Å². The summed E-state index contributed by atoms with van der Waals surface area (Å²) in [5.74, 6) is 6.69. The van der Waals surface area contributed by atoms with E-state index in [1.807, 2.05) is 30.3 Å². The van der Waals surface area contributed by atoms with E-state index in [2.05, 4.69) is 5.43 Å². The van der Waals surface area contributed by atoms with Gasteiger partial charge in [0.05, 0.1) is 0 Å². The van der Waals surface area contributed by atoms with Gasteiger partial charge < -0.3 is 11.3 Å². The van der Waals surface area contributed by atoms with Crippen molar-refractivity contribution in [3.63, 3.8) is 0 Å². The van der Waals surface area contributed by atoms with Crippen LogP contribution in [0.15, 0.2) is 30.3 Å². The Morgan fingerprint density at radius 1 is 1.11 bits per heavy atom. The topological polar surface area (TPSA) is 35.8 Å². The predicted octanol–water partition coefficient (Wildman–Crippen LogP) is -0.930. The molecular weight excluding hydrogens is 123 g/mol. The van der Waals surface area contributed by atoms with Gasteiger partial charge in [0.2, 0.25) is 0 Å². The quantitative estimate of drug-likeness (QED) is 0.387. The van der Waals surface area contributed by atoms with Gasteiger partial charge in [-0.05, 0) is 12.1 Å². The Morgan fingerprint density at radius 3 is 2.00 bits per heavy atom. The number of rotatable bonds is 1. The fourth-order valence-corrected chi connectivity index (χ4v) is 0.521. The second-order valence-electron chi connectivity index (χ2n) is 1.49. The maximum atomic E-state index is 6.69. The van der Waals surface area contributed by atoms with Crippen molar-refractivity contribution in [3.05, 3.63) is 36.2 Å². The van der Waals surface area contributed by atoms with Crippen LogP contribution >= 0.6 is 0 Å². The molecule has 0 fully saturated rings. The summed E-state index contributed by atoms with van der Waals surface area (Å²) in [7, 11) is 0. The summed E-state index contributed by atoms with van der Waals surface area (Å²) in [6, 6.07) is 9.37. The van der Waals surface area contributed by atoms with Gasteiger partial charge in [-0.15, -0.1) is 0 Å². The van der Waals surface area contributed by atoms with E-state index in [1.54, 1.807) is 0 Å². The van der Waals surface area contributed by atoms with Crippen molar-refractivity contribution in [1.29, 1.82) is 0 Å². The van der Waals surface area contributed by atoms with Gasteiger partial charge in [-0.1, -0.05) is 18.2 Å². The molecule has 0 unspecified atom stereocenters. The molecule has 1 rings (SSSR count). The Morgan fingerprint density at radius 2 is 1.67 bits per heavy atom. The molecule has 2 N–H and O–H groups in total. The molecule has 42 valence electrons. The summed E-state index contributed by atoms with van der Waals surface area (Å²) in [4.78, 5) is 0. The third-order valence-corrected chi connectivity index (χ3v) is 0.918. The van der Waals surface area contributed by atoms with Crippen LogP contribution in [0.4, 0.5) is 5.69 Å². The molecule has 0 saturated carbocycles. The summed E-state index contributed by atoms with van der Waals surface area (Å²) in [5.41, 5.74) is 3.10. The second-order valence-corrected chi connectivity index (χ2v) is 1.49. The molecule has 0 spiro atoms. The summed E-state index contributed by atoms with van der Waals surface area (Å²) >= 11 is 0. The maximum absolute atomic E-state index is 6.69. The molecule has 0 bridgehead atoms. The molecule has 3 heteroatoms. The van der Waals surface area contributed by atoms with Crippen LogP contribution in [0, 0.1) is 0 Å². The summed E-state index contributed by atoms with van der Waals surface area (Å²) < 4.78 is 0. The molecule has 1 aromatic carbocycles. The van der Waals surface area contributed by atoms with Crippen molar-refractivity contribution in [2.24, 2.45) is 0 Å². The first kappa shape index (κ1) is 8.98. The number of anilines is 1. The third-order valence-electron chi connectivity index (χ3n) is 0.918. The van der Waals surface area contributed by atoms with Gasteiger partial charge in [-0.25, -0.2) is 0 Å². The minimum atomic E-state index is 0. The Bertz CT molecular complexity index is 152. The summed E-state index contributed by atoms with van der Waals surface area (Å²) in [6.45, 7) is 0.